The molecule has 1 saturated carbocycles. The van der Waals surface area contributed by atoms with Gasteiger partial charge in [-0.15, -0.1) is 0 Å². The summed E-state index contributed by atoms with van der Waals surface area (Å²) in [5.74, 6) is 0.969. The Kier molecular flexibility index (Phi) is 5.66. The second-order valence-corrected chi connectivity index (χ2v) is 5.87. The summed E-state index contributed by atoms with van der Waals surface area (Å²) in [6.45, 7) is 8.60. The van der Waals surface area contributed by atoms with Gasteiger partial charge in [0, 0.05) is 18.7 Å². The van der Waals surface area contributed by atoms with Crippen molar-refractivity contribution < 1.29 is 4.74 Å². The summed E-state index contributed by atoms with van der Waals surface area (Å²) >= 11 is 0. The summed E-state index contributed by atoms with van der Waals surface area (Å²) < 4.78 is 5.70. The van der Waals surface area contributed by atoms with Crippen molar-refractivity contribution in [2.45, 2.75) is 45.6 Å². The molecule has 1 aliphatic rings. The second kappa shape index (κ2) is 7.49. The minimum absolute atomic E-state index is 0.539. The Bertz CT molecular complexity index is 421. The Morgan fingerprint density at radius 1 is 1.30 bits per heavy atom. The third-order valence-electron chi connectivity index (χ3n) is 4.56. The summed E-state index contributed by atoms with van der Waals surface area (Å²) in [4.78, 5) is 0. The Hall–Kier alpha value is -1.28. The maximum Gasteiger partial charge on any atom is 0.124 e. The van der Waals surface area contributed by atoms with Crippen LogP contribution in [-0.2, 0) is 6.54 Å². The van der Waals surface area contributed by atoms with Crippen molar-refractivity contribution in [3.8, 4) is 5.75 Å². The van der Waals surface area contributed by atoms with Crippen molar-refractivity contribution in [3.05, 3.63) is 42.5 Å². The maximum atomic E-state index is 5.70. The van der Waals surface area contributed by atoms with Gasteiger partial charge in [0.25, 0.3) is 0 Å². The van der Waals surface area contributed by atoms with E-state index >= 15 is 0 Å². The lowest BCUT2D eigenvalue weighted by molar-refractivity contribution is 0.267. The molecular formula is C18H27NO. The minimum atomic E-state index is 0.539. The van der Waals surface area contributed by atoms with E-state index in [4.69, 9.17) is 4.74 Å². The highest BCUT2D eigenvalue weighted by Crippen LogP contribution is 2.40. The highest BCUT2D eigenvalue weighted by atomic mass is 16.5. The Balaban J connectivity index is 1.88. The fourth-order valence-electron chi connectivity index (χ4n) is 3.18. The first-order chi connectivity index (χ1) is 9.79. The summed E-state index contributed by atoms with van der Waals surface area (Å²) in [6.07, 6.45) is 8.63. The van der Waals surface area contributed by atoms with Gasteiger partial charge in [0.15, 0.2) is 0 Å². The van der Waals surface area contributed by atoms with Crippen molar-refractivity contribution in [1.82, 2.24) is 5.32 Å². The molecule has 0 aromatic heterocycles. The second-order valence-electron chi connectivity index (χ2n) is 5.87. The third kappa shape index (κ3) is 3.86. The summed E-state index contributed by atoms with van der Waals surface area (Å²) in [5, 5.41) is 3.65. The van der Waals surface area contributed by atoms with Crippen LogP contribution in [-0.4, -0.2) is 13.2 Å². The van der Waals surface area contributed by atoms with Gasteiger partial charge in [0.1, 0.15) is 12.4 Å². The Labute approximate surface area is 123 Å². The van der Waals surface area contributed by atoms with Crippen LogP contribution >= 0.6 is 0 Å². The fourth-order valence-corrected chi connectivity index (χ4v) is 3.18. The number of ether oxygens (including phenoxy) is 1. The van der Waals surface area contributed by atoms with E-state index < -0.39 is 0 Å². The third-order valence-corrected chi connectivity index (χ3v) is 4.56. The van der Waals surface area contributed by atoms with Crippen LogP contribution in [0.3, 0.4) is 0 Å². The molecule has 20 heavy (non-hydrogen) atoms. The van der Waals surface area contributed by atoms with Gasteiger partial charge < -0.3 is 10.1 Å². The van der Waals surface area contributed by atoms with Gasteiger partial charge in [0.05, 0.1) is 0 Å². The Morgan fingerprint density at radius 3 is 2.75 bits per heavy atom. The van der Waals surface area contributed by atoms with Crippen LogP contribution in [0.5, 0.6) is 5.75 Å². The lowest BCUT2D eigenvalue weighted by Crippen LogP contribution is -2.31. The molecule has 2 nitrogen and oxygen atoms in total. The average molecular weight is 273 g/mol. The van der Waals surface area contributed by atoms with Crippen LogP contribution in [0, 0.1) is 5.41 Å². The van der Waals surface area contributed by atoms with Crippen molar-refractivity contribution in [1.29, 1.82) is 0 Å². The van der Waals surface area contributed by atoms with Crippen molar-refractivity contribution in [2.75, 3.05) is 13.2 Å². The van der Waals surface area contributed by atoms with E-state index in [1.54, 1.807) is 6.08 Å². The number of para-hydroxylation sites is 1. The molecule has 2 heteroatoms. The summed E-state index contributed by atoms with van der Waals surface area (Å²) in [7, 11) is 0. The molecule has 0 saturated heterocycles. The fraction of sp³-hybridized carbons (Fsp3) is 0.556. The quantitative estimate of drug-likeness (QED) is 0.713. The van der Waals surface area contributed by atoms with Gasteiger partial charge >= 0.3 is 0 Å². The van der Waals surface area contributed by atoms with Crippen LogP contribution in [0.15, 0.2) is 36.9 Å². The van der Waals surface area contributed by atoms with Crippen LogP contribution in [0.1, 0.15) is 44.6 Å². The van der Waals surface area contributed by atoms with Gasteiger partial charge in [0.2, 0.25) is 0 Å². The molecule has 0 amide bonds. The van der Waals surface area contributed by atoms with Crippen LogP contribution in [0.4, 0.5) is 0 Å². The first-order valence-corrected chi connectivity index (χ1v) is 7.82. The van der Waals surface area contributed by atoms with Gasteiger partial charge in [-0.3, -0.25) is 0 Å². The monoisotopic (exact) mass is 273 g/mol. The number of hydrogen-bond acceptors (Lipinski definition) is 2. The number of rotatable bonds is 8. The van der Waals surface area contributed by atoms with E-state index in [-0.39, 0.29) is 0 Å². The van der Waals surface area contributed by atoms with E-state index in [9.17, 15) is 0 Å². The highest BCUT2D eigenvalue weighted by Gasteiger charge is 2.31. The molecule has 1 N–H and O–H groups in total. The average Bonchev–Trinajstić information content (AvgIpc) is 2.96. The molecule has 1 aromatic carbocycles. The molecule has 0 unspecified atom stereocenters. The molecule has 0 aliphatic heterocycles. The zero-order chi connectivity index (χ0) is 14.3. The molecule has 0 radical (unpaired) electrons. The van der Waals surface area contributed by atoms with E-state index in [2.05, 4.69) is 31.0 Å². The van der Waals surface area contributed by atoms with E-state index in [0.29, 0.717) is 12.0 Å². The summed E-state index contributed by atoms with van der Waals surface area (Å²) in [6, 6.07) is 8.26. The smallest absolute Gasteiger partial charge is 0.124 e. The molecule has 1 aliphatic carbocycles. The van der Waals surface area contributed by atoms with Crippen molar-refractivity contribution in [2.24, 2.45) is 5.41 Å². The predicted molar refractivity (Wildman–Crippen MR) is 85.0 cm³/mol. The predicted octanol–water partition coefficient (Wildman–Crippen LogP) is 4.31. The molecule has 0 atom stereocenters. The first kappa shape index (κ1) is 15.1. The molecule has 1 fully saturated rings. The van der Waals surface area contributed by atoms with E-state index in [1.807, 2.05) is 12.1 Å². The molecule has 110 valence electrons. The van der Waals surface area contributed by atoms with Gasteiger partial charge in [-0.25, -0.2) is 0 Å². The topological polar surface area (TPSA) is 21.3 Å². The van der Waals surface area contributed by atoms with Crippen LogP contribution in [0.25, 0.3) is 0 Å². The lowest BCUT2D eigenvalue weighted by atomic mass is 9.83. The molecular weight excluding hydrogens is 246 g/mol. The molecule has 0 spiro atoms. The maximum absolute atomic E-state index is 5.70. The first-order valence-electron chi connectivity index (χ1n) is 7.82. The molecule has 0 bridgehead atoms. The van der Waals surface area contributed by atoms with Crippen LogP contribution in [0.2, 0.25) is 0 Å². The van der Waals surface area contributed by atoms with Gasteiger partial charge in [-0.2, -0.15) is 0 Å². The molecule has 2 rings (SSSR count). The van der Waals surface area contributed by atoms with E-state index in [1.165, 1.54) is 37.7 Å². The Morgan fingerprint density at radius 2 is 2.05 bits per heavy atom. The standard InChI is InChI=1S/C18H27NO/c1-3-13-20-17-10-6-5-9-16(17)14-19-15-18(4-2)11-7-8-12-18/h3,5-6,9-10,19H,1,4,7-8,11-15H2,2H3. The SMILES string of the molecule is C=CCOc1ccccc1CNCC1(CC)CCCC1. The number of benzene rings is 1. The van der Waals surface area contributed by atoms with Crippen molar-refractivity contribution >= 4 is 0 Å². The van der Waals surface area contributed by atoms with E-state index in [0.717, 1.165) is 18.8 Å². The highest BCUT2D eigenvalue weighted by molar-refractivity contribution is 5.33. The lowest BCUT2D eigenvalue weighted by Gasteiger charge is -2.28. The minimum Gasteiger partial charge on any atom is -0.489 e. The molecule has 0 heterocycles. The summed E-state index contributed by atoms with van der Waals surface area (Å²) in [5.41, 5.74) is 1.77. The van der Waals surface area contributed by atoms with Gasteiger partial charge in [-0.05, 0) is 30.7 Å². The molecule has 1 aromatic rings. The number of hydrogen-bond donors (Lipinski definition) is 1. The van der Waals surface area contributed by atoms with Crippen LogP contribution < -0.4 is 10.1 Å². The van der Waals surface area contributed by atoms with Gasteiger partial charge in [-0.1, -0.05) is 50.6 Å². The largest absolute Gasteiger partial charge is 0.489 e. The van der Waals surface area contributed by atoms with Crippen molar-refractivity contribution in [3.63, 3.8) is 0 Å². The number of nitrogens with one attached hydrogen (secondary N) is 1. The zero-order valence-corrected chi connectivity index (χ0v) is 12.7. The normalized spacial score (nSPS) is 17.1. The zero-order valence-electron chi connectivity index (χ0n) is 12.7.